The molecule has 0 aliphatic carbocycles. The molecule has 0 amide bonds. The van der Waals surface area contributed by atoms with E-state index in [1.807, 2.05) is 0 Å². The Balaban J connectivity index is 2.87. The fourth-order valence-electron chi connectivity index (χ4n) is 0.912. The predicted molar refractivity (Wildman–Crippen MR) is 49.8 cm³/mol. The number of ketones is 1. The van der Waals surface area contributed by atoms with Crippen molar-refractivity contribution in [3.8, 4) is 0 Å². The molecule has 0 fully saturated rings. The highest BCUT2D eigenvalue weighted by Crippen LogP contribution is 2.25. The number of halogens is 3. The lowest BCUT2D eigenvalue weighted by Crippen LogP contribution is -2.20. The van der Waals surface area contributed by atoms with Crippen LogP contribution < -0.4 is 0 Å². The van der Waals surface area contributed by atoms with Crippen molar-refractivity contribution in [3.63, 3.8) is 0 Å². The smallest absolute Gasteiger partial charge is 0.388 e. The average molecular weight is 253 g/mol. The number of carbonyl (C=O) groups is 2. The number of Topliss-reactive ketones (excluding diaryl/α,β-unsaturated/α-hetero) is 1. The summed E-state index contributed by atoms with van der Waals surface area (Å²) in [7, 11) is 0. The minimum atomic E-state index is -4.05. The maximum Gasteiger partial charge on any atom is 0.388 e. The predicted octanol–water partition coefficient (Wildman–Crippen LogP) is 2.47. The molecule has 0 aliphatic heterocycles. The SMILES string of the molecule is CCOC(=O)c1ccc(C(=O)C(F)(F)Cl)o1. The fraction of sp³-hybridized carbons (Fsp3) is 0.333. The minimum absolute atomic E-state index is 0.106. The molecule has 1 heterocycles. The fourth-order valence-corrected chi connectivity index (χ4v) is 1.00. The topological polar surface area (TPSA) is 56.5 Å². The molecular weight excluding hydrogens is 246 g/mol. The number of ether oxygens (including phenoxy) is 1. The first-order valence-corrected chi connectivity index (χ1v) is 4.62. The van der Waals surface area contributed by atoms with Crippen molar-refractivity contribution in [1.29, 1.82) is 0 Å². The molecule has 0 saturated carbocycles. The molecule has 7 heteroatoms. The summed E-state index contributed by atoms with van der Waals surface area (Å²) < 4.78 is 33.9. The second kappa shape index (κ2) is 4.61. The van der Waals surface area contributed by atoms with Crippen LogP contribution in [-0.2, 0) is 4.74 Å². The zero-order valence-electron chi connectivity index (χ0n) is 8.13. The molecule has 0 bridgehead atoms. The largest absolute Gasteiger partial charge is 0.460 e. The molecule has 0 radical (unpaired) electrons. The molecule has 1 aromatic heterocycles. The summed E-state index contributed by atoms with van der Waals surface area (Å²) in [6, 6.07) is 2.00. The zero-order valence-corrected chi connectivity index (χ0v) is 8.88. The number of carbonyl (C=O) groups excluding carboxylic acids is 2. The lowest BCUT2D eigenvalue weighted by Gasteiger charge is -2.02. The molecular formula is C9H7ClF2O4. The van der Waals surface area contributed by atoms with Crippen LogP contribution >= 0.6 is 11.6 Å². The Morgan fingerprint density at radius 1 is 1.44 bits per heavy atom. The monoisotopic (exact) mass is 252 g/mol. The molecule has 4 nitrogen and oxygen atoms in total. The van der Waals surface area contributed by atoms with Crippen LogP contribution in [0.3, 0.4) is 0 Å². The third kappa shape index (κ3) is 2.79. The van der Waals surface area contributed by atoms with Crippen LogP contribution in [0.2, 0.25) is 0 Å². The third-order valence-corrected chi connectivity index (χ3v) is 1.74. The van der Waals surface area contributed by atoms with Crippen molar-refractivity contribution in [3.05, 3.63) is 23.7 Å². The highest BCUT2D eigenvalue weighted by molar-refractivity contribution is 6.34. The summed E-state index contributed by atoms with van der Waals surface area (Å²) in [6.07, 6.45) is 0. The normalized spacial score (nSPS) is 11.2. The van der Waals surface area contributed by atoms with Crippen LogP contribution in [0.4, 0.5) is 8.78 Å². The van der Waals surface area contributed by atoms with Gasteiger partial charge in [0, 0.05) is 0 Å². The number of esters is 1. The number of hydrogen-bond acceptors (Lipinski definition) is 4. The zero-order chi connectivity index (χ0) is 12.3. The molecule has 1 rings (SSSR count). The van der Waals surface area contributed by atoms with Gasteiger partial charge in [-0.05, 0) is 30.7 Å². The first kappa shape index (κ1) is 12.6. The molecule has 0 N–H and O–H groups in total. The molecule has 0 unspecified atom stereocenters. The second-order valence-corrected chi connectivity index (χ2v) is 3.19. The van der Waals surface area contributed by atoms with Gasteiger partial charge in [0.05, 0.1) is 6.61 Å². The Hall–Kier alpha value is -1.43. The van der Waals surface area contributed by atoms with E-state index in [-0.39, 0.29) is 12.4 Å². The van der Waals surface area contributed by atoms with Crippen LogP contribution in [0.25, 0.3) is 0 Å². The molecule has 0 atom stereocenters. The van der Waals surface area contributed by atoms with Gasteiger partial charge in [-0.25, -0.2) is 4.79 Å². The molecule has 0 spiro atoms. The van der Waals surface area contributed by atoms with Crippen LogP contribution in [0.15, 0.2) is 16.5 Å². The first-order chi connectivity index (χ1) is 7.36. The van der Waals surface area contributed by atoms with E-state index >= 15 is 0 Å². The Labute approximate surface area is 94.1 Å². The van der Waals surface area contributed by atoms with Crippen LogP contribution in [0.1, 0.15) is 28.0 Å². The Bertz CT molecular complexity index is 408. The van der Waals surface area contributed by atoms with Crippen molar-refractivity contribution in [2.75, 3.05) is 6.61 Å². The van der Waals surface area contributed by atoms with Crippen molar-refractivity contribution in [1.82, 2.24) is 0 Å². The maximum atomic E-state index is 12.4. The quantitative estimate of drug-likeness (QED) is 0.469. The van der Waals surface area contributed by atoms with Crippen LogP contribution in [0, 0.1) is 0 Å². The van der Waals surface area contributed by atoms with Crippen molar-refractivity contribution < 1.29 is 27.5 Å². The van der Waals surface area contributed by atoms with E-state index in [2.05, 4.69) is 20.8 Å². The molecule has 0 saturated heterocycles. The van der Waals surface area contributed by atoms with E-state index in [1.165, 1.54) is 0 Å². The second-order valence-electron chi connectivity index (χ2n) is 2.71. The van der Waals surface area contributed by atoms with Gasteiger partial charge in [-0.2, -0.15) is 8.78 Å². The van der Waals surface area contributed by atoms with Gasteiger partial charge in [0.25, 0.3) is 5.78 Å². The van der Waals surface area contributed by atoms with Crippen molar-refractivity contribution >= 4 is 23.4 Å². The minimum Gasteiger partial charge on any atom is -0.460 e. The lowest BCUT2D eigenvalue weighted by molar-refractivity contribution is 0.0461. The van der Waals surface area contributed by atoms with Gasteiger partial charge < -0.3 is 9.15 Å². The summed E-state index contributed by atoms with van der Waals surface area (Å²) >= 11 is 4.51. The number of alkyl halides is 3. The third-order valence-electron chi connectivity index (χ3n) is 1.56. The van der Waals surface area contributed by atoms with Crippen molar-refractivity contribution in [2.24, 2.45) is 0 Å². The average Bonchev–Trinajstić information content (AvgIpc) is 2.64. The first-order valence-electron chi connectivity index (χ1n) is 4.24. The molecule has 0 aliphatic rings. The Morgan fingerprint density at radius 3 is 2.50 bits per heavy atom. The van der Waals surface area contributed by atoms with E-state index in [0.717, 1.165) is 12.1 Å². The summed E-state index contributed by atoms with van der Waals surface area (Å²) in [5.41, 5.74) is 0. The van der Waals surface area contributed by atoms with E-state index in [1.54, 1.807) is 6.92 Å². The van der Waals surface area contributed by atoms with E-state index in [4.69, 9.17) is 0 Å². The maximum absolute atomic E-state index is 12.4. The molecule has 16 heavy (non-hydrogen) atoms. The standard InChI is InChI=1S/C9H7ClF2O4/c1-2-15-8(14)6-4-3-5(16-6)7(13)9(10,11)12/h3-4H,2H2,1H3. The summed E-state index contributed by atoms with van der Waals surface area (Å²) in [5, 5.41) is -4.05. The Morgan fingerprint density at radius 2 is 2.00 bits per heavy atom. The lowest BCUT2D eigenvalue weighted by atomic mass is 10.3. The highest BCUT2D eigenvalue weighted by atomic mass is 35.5. The van der Waals surface area contributed by atoms with Gasteiger partial charge in [0.1, 0.15) is 0 Å². The van der Waals surface area contributed by atoms with Gasteiger partial charge in [0.2, 0.25) is 5.76 Å². The number of hydrogen-bond donors (Lipinski definition) is 0. The van der Waals surface area contributed by atoms with E-state index in [9.17, 15) is 18.4 Å². The number of rotatable bonds is 4. The van der Waals surface area contributed by atoms with Crippen LogP contribution in [-0.4, -0.2) is 23.7 Å². The van der Waals surface area contributed by atoms with E-state index in [0.29, 0.717) is 0 Å². The summed E-state index contributed by atoms with van der Waals surface area (Å²) in [5.74, 6) is -3.56. The van der Waals surface area contributed by atoms with Crippen LogP contribution in [0.5, 0.6) is 0 Å². The van der Waals surface area contributed by atoms with E-state index < -0.39 is 22.9 Å². The van der Waals surface area contributed by atoms with Gasteiger partial charge >= 0.3 is 11.4 Å². The molecule has 1 aromatic rings. The molecule has 88 valence electrons. The van der Waals surface area contributed by atoms with Gasteiger partial charge in [-0.3, -0.25) is 4.79 Å². The number of furan rings is 1. The van der Waals surface area contributed by atoms with Gasteiger partial charge in [-0.15, -0.1) is 0 Å². The summed E-state index contributed by atoms with van der Waals surface area (Å²) in [6.45, 7) is 1.67. The van der Waals surface area contributed by atoms with Crippen molar-refractivity contribution in [2.45, 2.75) is 12.3 Å². The highest BCUT2D eigenvalue weighted by Gasteiger charge is 2.39. The Kier molecular flexibility index (Phi) is 3.64. The van der Waals surface area contributed by atoms with Gasteiger partial charge in [0.15, 0.2) is 5.76 Å². The summed E-state index contributed by atoms with van der Waals surface area (Å²) in [4.78, 5) is 22.0. The van der Waals surface area contributed by atoms with Gasteiger partial charge in [-0.1, -0.05) is 0 Å². The molecule has 0 aromatic carbocycles.